The third-order valence-electron chi connectivity index (χ3n) is 2.30. The number of carbonyl (C=O) groups excluding carboxylic acids is 1. The van der Waals surface area contributed by atoms with E-state index in [-0.39, 0.29) is 25.3 Å². The van der Waals surface area contributed by atoms with Crippen molar-refractivity contribution < 1.29 is 19.8 Å². The first kappa shape index (κ1) is 14.5. The Morgan fingerprint density at radius 2 is 1.89 bits per heavy atom. The molecule has 3 N–H and O–H groups in total. The Hall–Kier alpha value is -1.59. The standard InChI is InChI=1S/C12H14ClNO4/c13-9-3-1-8(2-4-9)7-11(16)14-6-5-10(15)12(17)18/h1-4,10,15H,5-7H2,(H,14,16)(H,17,18)/t10-/m0/s1. The fraction of sp³-hybridized carbons (Fsp3) is 0.333. The van der Waals surface area contributed by atoms with Crippen LogP contribution in [0, 0.1) is 0 Å². The highest BCUT2D eigenvalue weighted by Crippen LogP contribution is 2.09. The van der Waals surface area contributed by atoms with Gasteiger partial charge in [0.2, 0.25) is 5.91 Å². The number of aliphatic carboxylic acids is 1. The third kappa shape index (κ3) is 5.16. The van der Waals surface area contributed by atoms with Crippen LogP contribution in [0.3, 0.4) is 0 Å². The average Bonchev–Trinajstić information content (AvgIpc) is 2.32. The van der Waals surface area contributed by atoms with Crippen molar-refractivity contribution in [1.29, 1.82) is 0 Å². The maximum absolute atomic E-state index is 11.5. The summed E-state index contributed by atoms with van der Waals surface area (Å²) >= 11 is 5.71. The quantitative estimate of drug-likeness (QED) is 0.715. The van der Waals surface area contributed by atoms with Gasteiger partial charge in [-0.1, -0.05) is 23.7 Å². The van der Waals surface area contributed by atoms with Gasteiger partial charge in [0.05, 0.1) is 6.42 Å². The summed E-state index contributed by atoms with van der Waals surface area (Å²) in [4.78, 5) is 21.8. The number of halogens is 1. The fourth-order valence-corrected chi connectivity index (χ4v) is 1.45. The molecule has 0 saturated heterocycles. The molecule has 0 heterocycles. The van der Waals surface area contributed by atoms with Crippen molar-refractivity contribution in [3.05, 3.63) is 34.9 Å². The number of benzene rings is 1. The zero-order chi connectivity index (χ0) is 13.5. The van der Waals surface area contributed by atoms with Crippen molar-refractivity contribution in [2.24, 2.45) is 0 Å². The van der Waals surface area contributed by atoms with E-state index >= 15 is 0 Å². The molecule has 0 saturated carbocycles. The summed E-state index contributed by atoms with van der Waals surface area (Å²) in [6.45, 7) is 0.125. The maximum Gasteiger partial charge on any atom is 0.332 e. The summed E-state index contributed by atoms with van der Waals surface area (Å²) in [5.41, 5.74) is 0.815. The van der Waals surface area contributed by atoms with Gasteiger partial charge in [0.1, 0.15) is 0 Å². The molecule has 0 unspecified atom stereocenters. The molecule has 0 spiro atoms. The van der Waals surface area contributed by atoms with Crippen LogP contribution < -0.4 is 5.32 Å². The second-order valence-corrected chi connectivity index (χ2v) is 4.23. The normalized spacial score (nSPS) is 11.9. The predicted octanol–water partition coefficient (Wildman–Crippen LogP) is 0.834. The molecule has 0 aliphatic rings. The number of aliphatic hydroxyl groups is 1. The van der Waals surface area contributed by atoms with Crippen LogP contribution in [0.25, 0.3) is 0 Å². The van der Waals surface area contributed by atoms with Crippen molar-refractivity contribution in [2.75, 3.05) is 6.54 Å². The van der Waals surface area contributed by atoms with Gasteiger partial charge in [0, 0.05) is 18.0 Å². The van der Waals surface area contributed by atoms with Crippen molar-refractivity contribution in [3.8, 4) is 0 Å². The molecule has 0 aliphatic carbocycles. The van der Waals surface area contributed by atoms with E-state index in [1.54, 1.807) is 24.3 Å². The third-order valence-corrected chi connectivity index (χ3v) is 2.55. The Morgan fingerprint density at radius 3 is 2.44 bits per heavy atom. The molecule has 98 valence electrons. The largest absolute Gasteiger partial charge is 0.479 e. The van der Waals surface area contributed by atoms with Crippen LogP contribution >= 0.6 is 11.6 Å². The van der Waals surface area contributed by atoms with E-state index in [9.17, 15) is 9.59 Å². The number of nitrogens with one attached hydrogen (secondary N) is 1. The zero-order valence-electron chi connectivity index (χ0n) is 9.60. The molecule has 0 radical (unpaired) electrons. The van der Waals surface area contributed by atoms with Crippen LogP contribution in [0.2, 0.25) is 5.02 Å². The Kier molecular flexibility index (Phi) is 5.61. The number of hydrogen-bond donors (Lipinski definition) is 3. The average molecular weight is 272 g/mol. The predicted molar refractivity (Wildman–Crippen MR) is 66.4 cm³/mol. The van der Waals surface area contributed by atoms with Crippen molar-refractivity contribution >= 4 is 23.5 Å². The van der Waals surface area contributed by atoms with Crippen LogP contribution in [-0.4, -0.2) is 34.7 Å². The minimum absolute atomic E-state index is 0.0122. The van der Waals surface area contributed by atoms with E-state index in [1.807, 2.05) is 0 Å². The summed E-state index contributed by atoms with van der Waals surface area (Å²) in [5, 5.41) is 20.6. The summed E-state index contributed by atoms with van der Waals surface area (Å²) in [5.74, 6) is -1.52. The van der Waals surface area contributed by atoms with E-state index in [4.69, 9.17) is 21.8 Å². The lowest BCUT2D eigenvalue weighted by atomic mass is 10.1. The first-order valence-corrected chi connectivity index (χ1v) is 5.79. The maximum atomic E-state index is 11.5. The molecule has 1 rings (SSSR count). The second-order valence-electron chi connectivity index (χ2n) is 3.80. The van der Waals surface area contributed by atoms with Crippen molar-refractivity contribution in [3.63, 3.8) is 0 Å². The number of carboxylic acids is 1. The Balaban J connectivity index is 2.30. The van der Waals surface area contributed by atoms with Gasteiger partial charge in [0.15, 0.2) is 6.10 Å². The minimum Gasteiger partial charge on any atom is -0.479 e. The van der Waals surface area contributed by atoms with E-state index in [2.05, 4.69) is 5.32 Å². The van der Waals surface area contributed by atoms with Crippen LogP contribution in [0.1, 0.15) is 12.0 Å². The van der Waals surface area contributed by atoms with Crippen LogP contribution in [0.5, 0.6) is 0 Å². The molecule has 0 fully saturated rings. The molecule has 0 bridgehead atoms. The molecular weight excluding hydrogens is 258 g/mol. The Labute approximate surface area is 109 Å². The molecular formula is C12H14ClNO4. The van der Waals surface area contributed by atoms with E-state index in [1.165, 1.54) is 0 Å². The van der Waals surface area contributed by atoms with Crippen LogP contribution in [0.4, 0.5) is 0 Å². The van der Waals surface area contributed by atoms with Gasteiger partial charge in [0.25, 0.3) is 0 Å². The van der Waals surface area contributed by atoms with Gasteiger partial charge in [-0.15, -0.1) is 0 Å². The highest BCUT2D eigenvalue weighted by Gasteiger charge is 2.12. The highest BCUT2D eigenvalue weighted by atomic mass is 35.5. The van der Waals surface area contributed by atoms with Gasteiger partial charge in [-0.3, -0.25) is 4.79 Å². The summed E-state index contributed by atoms with van der Waals surface area (Å²) < 4.78 is 0. The SMILES string of the molecule is O=C(Cc1ccc(Cl)cc1)NCC[C@H](O)C(=O)O. The monoisotopic (exact) mass is 271 g/mol. The van der Waals surface area contributed by atoms with Crippen molar-refractivity contribution in [2.45, 2.75) is 18.9 Å². The van der Waals surface area contributed by atoms with Crippen molar-refractivity contribution in [1.82, 2.24) is 5.32 Å². The lowest BCUT2D eigenvalue weighted by Crippen LogP contribution is -2.30. The molecule has 1 aromatic carbocycles. The Bertz CT molecular complexity index is 419. The second kappa shape index (κ2) is 6.98. The molecule has 1 atom stereocenters. The molecule has 5 nitrogen and oxygen atoms in total. The zero-order valence-corrected chi connectivity index (χ0v) is 10.4. The van der Waals surface area contributed by atoms with Crippen LogP contribution in [-0.2, 0) is 16.0 Å². The van der Waals surface area contributed by atoms with Gasteiger partial charge in [-0.2, -0.15) is 0 Å². The van der Waals surface area contributed by atoms with Gasteiger partial charge in [-0.05, 0) is 17.7 Å². The van der Waals surface area contributed by atoms with Gasteiger partial charge < -0.3 is 15.5 Å². The van der Waals surface area contributed by atoms with E-state index in [0.29, 0.717) is 5.02 Å². The fourth-order valence-electron chi connectivity index (χ4n) is 1.32. The van der Waals surface area contributed by atoms with Gasteiger partial charge in [-0.25, -0.2) is 4.79 Å². The van der Waals surface area contributed by atoms with Gasteiger partial charge >= 0.3 is 5.97 Å². The van der Waals surface area contributed by atoms with E-state index < -0.39 is 12.1 Å². The van der Waals surface area contributed by atoms with Crippen LogP contribution in [0.15, 0.2) is 24.3 Å². The highest BCUT2D eigenvalue weighted by molar-refractivity contribution is 6.30. The molecule has 0 aliphatic heterocycles. The minimum atomic E-state index is -1.44. The number of amides is 1. The number of carbonyl (C=O) groups is 2. The molecule has 1 aromatic rings. The molecule has 1 amide bonds. The first-order chi connectivity index (χ1) is 8.49. The number of rotatable bonds is 6. The topological polar surface area (TPSA) is 86.6 Å². The van der Waals surface area contributed by atoms with E-state index in [0.717, 1.165) is 5.56 Å². The molecule has 6 heteroatoms. The molecule has 0 aromatic heterocycles. The number of carboxylic acid groups (broad SMARTS) is 1. The summed E-state index contributed by atoms with van der Waals surface area (Å²) in [7, 11) is 0. The lowest BCUT2D eigenvalue weighted by Gasteiger charge is -2.07. The summed E-state index contributed by atoms with van der Waals surface area (Å²) in [6, 6.07) is 6.87. The summed E-state index contributed by atoms with van der Waals surface area (Å²) in [6.07, 6.45) is -1.26. The lowest BCUT2D eigenvalue weighted by molar-refractivity contribution is -0.147. The smallest absolute Gasteiger partial charge is 0.332 e. The molecule has 18 heavy (non-hydrogen) atoms. The Morgan fingerprint density at radius 1 is 1.28 bits per heavy atom. The first-order valence-electron chi connectivity index (χ1n) is 5.41. The number of hydrogen-bond acceptors (Lipinski definition) is 3. The number of aliphatic hydroxyl groups excluding tert-OH is 1.